The van der Waals surface area contributed by atoms with Crippen molar-refractivity contribution in [1.82, 2.24) is 20.2 Å². The Hall–Kier alpha value is -1.50. The Morgan fingerprint density at radius 3 is 3.06 bits per heavy atom. The standard InChI is InChI=1S/C11H11BrFN5/c12-9-4-1-7(13)5-10(9)14-6-11-15-16-17-18(11)8-2-3-8/h1,4-5,8,14H,2-3,6H2. The lowest BCUT2D eigenvalue weighted by atomic mass is 10.3. The van der Waals surface area contributed by atoms with Gasteiger partial charge in [0.2, 0.25) is 0 Å². The summed E-state index contributed by atoms with van der Waals surface area (Å²) in [5.74, 6) is 0.496. The molecule has 1 heterocycles. The summed E-state index contributed by atoms with van der Waals surface area (Å²) in [5.41, 5.74) is 0.695. The Morgan fingerprint density at radius 1 is 1.44 bits per heavy atom. The number of anilines is 1. The number of hydrogen-bond acceptors (Lipinski definition) is 4. The van der Waals surface area contributed by atoms with Crippen molar-refractivity contribution in [1.29, 1.82) is 0 Å². The molecule has 94 valence electrons. The Labute approximate surface area is 112 Å². The molecule has 7 heteroatoms. The van der Waals surface area contributed by atoms with Gasteiger partial charge in [0.05, 0.1) is 18.3 Å². The number of aromatic nitrogens is 4. The average molecular weight is 312 g/mol. The third-order valence-corrected chi connectivity index (χ3v) is 3.51. The van der Waals surface area contributed by atoms with E-state index in [4.69, 9.17) is 0 Å². The van der Waals surface area contributed by atoms with Gasteiger partial charge < -0.3 is 5.32 Å². The Bertz CT molecular complexity index is 566. The molecule has 2 aromatic rings. The molecular formula is C11H11BrFN5. The van der Waals surface area contributed by atoms with Gasteiger partial charge in [-0.15, -0.1) is 5.10 Å². The Balaban J connectivity index is 1.73. The maximum Gasteiger partial charge on any atom is 0.170 e. The van der Waals surface area contributed by atoms with Crippen LogP contribution in [0.25, 0.3) is 0 Å². The molecule has 1 aromatic carbocycles. The van der Waals surface area contributed by atoms with Crippen molar-refractivity contribution in [2.45, 2.75) is 25.4 Å². The zero-order valence-electron chi connectivity index (χ0n) is 9.48. The number of tetrazole rings is 1. The summed E-state index contributed by atoms with van der Waals surface area (Å²) in [6.45, 7) is 0.478. The number of halogens is 2. The van der Waals surface area contributed by atoms with Crippen LogP contribution in [-0.4, -0.2) is 20.2 Å². The van der Waals surface area contributed by atoms with Crippen LogP contribution in [0, 0.1) is 5.82 Å². The van der Waals surface area contributed by atoms with Crippen molar-refractivity contribution in [2.24, 2.45) is 0 Å². The molecule has 1 N–H and O–H groups in total. The molecule has 0 unspecified atom stereocenters. The third-order valence-electron chi connectivity index (χ3n) is 2.82. The molecule has 0 spiro atoms. The minimum Gasteiger partial charge on any atom is -0.377 e. The van der Waals surface area contributed by atoms with Crippen LogP contribution >= 0.6 is 15.9 Å². The van der Waals surface area contributed by atoms with Gasteiger partial charge >= 0.3 is 0 Å². The van der Waals surface area contributed by atoms with Crippen LogP contribution in [0.2, 0.25) is 0 Å². The molecule has 3 rings (SSSR count). The fourth-order valence-corrected chi connectivity index (χ4v) is 2.13. The highest BCUT2D eigenvalue weighted by Crippen LogP contribution is 2.34. The molecule has 1 aliphatic rings. The normalized spacial score (nSPS) is 14.8. The molecule has 1 saturated carbocycles. The first kappa shape index (κ1) is 11.6. The van der Waals surface area contributed by atoms with E-state index in [2.05, 4.69) is 36.8 Å². The second-order valence-corrected chi connectivity index (χ2v) is 5.10. The van der Waals surface area contributed by atoms with Gasteiger partial charge in [0.15, 0.2) is 5.82 Å². The van der Waals surface area contributed by atoms with Crippen LogP contribution < -0.4 is 5.32 Å². The fourth-order valence-electron chi connectivity index (χ4n) is 1.74. The molecule has 5 nitrogen and oxygen atoms in total. The van der Waals surface area contributed by atoms with Crippen LogP contribution in [-0.2, 0) is 6.54 Å². The molecule has 0 aliphatic heterocycles. The van der Waals surface area contributed by atoms with Crippen molar-refractivity contribution < 1.29 is 4.39 Å². The van der Waals surface area contributed by atoms with Gasteiger partial charge in [-0.25, -0.2) is 9.07 Å². The van der Waals surface area contributed by atoms with E-state index in [0.717, 1.165) is 23.1 Å². The van der Waals surface area contributed by atoms with E-state index in [9.17, 15) is 4.39 Å². The fraction of sp³-hybridized carbons (Fsp3) is 0.364. The van der Waals surface area contributed by atoms with Crippen LogP contribution in [0.1, 0.15) is 24.7 Å². The summed E-state index contributed by atoms with van der Waals surface area (Å²) in [5, 5.41) is 14.7. The van der Waals surface area contributed by atoms with Crippen molar-refractivity contribution >= 4 is 21.6 Å². The first-order valence-electron chi connectivity index (χ1n) is 5.70. The van der Waals surface area contributed by atoms with E-state index >= 15 is 0 Å². The number of nitrogens with zero attached hydrogens (tertiary/aromatic N) is 4. The highest BCUT2D eigenvalue weighted by molar-refractivity contribution is 9.10. The molecule has 1 aromatic heterocycles. The van der Waals surface area contributed by atoms with Gasteiger partial charge in [-0.2, -0.15) is 0 Å². The summed E-state index contributed by atoms with van der Waals surface area (Å²) >= 11 is 3.37. The van der Waals surface area contributed by atoms with Crippen molar-refractivity contribution in [3.8, 4) is 0 Å². The lowest BCUT2D eigenvalue weighted by molar-refractivity contribution is 0.586. The Morgan fingerprint density at radius 2 is 2.28 bits per heavy atom. The molecule has 18 heavy (non-hydrogen) atoms. The smallest absolute Gasteiger partial charge is 0.170 e. The van der Waals surface area contributed by atoms with Crippen molar-refractivity contribution in [2.75, 3.05) is 5.32 Å². The van der Waals surface area contributed by atoms with Crippen LogP contribution in [0.3, 0.4) is 0 Å². The van der Waals surface area contributed by atoms with Crippen molar-refractivity contribution in [3.63, 3.8) is 0 Å². The van der Waals surface area contributed by atoms with Crippen LogP contribution in [0.15, 0.2) is 22.7 Å². The second kappa shape index (κ2) is 4.64. The van der Waals surface area contributed by atoms with E-state index in [-0.39, 0.29) is 5.82 Å². The van der Waals surface area contributed by atoms with E-state index in [1.807, 2.05) is 4.68 Å². The highest BCUT2D eigenvalue weighted by Gasteiger charge is 2.27. The lowest BCUT2D eigenvalue weighted by Crippen LogP contribution is -2.09. The maximum atomic E-state index is 13.1. The largest absolute Gasteiger partial charge is 0.377 e. The van der Waals surface area contributed by atoms with Gasteiger partial charge in [-0.1, -0.05) is 0 Å². The number of benzene rings is 1. The molecule has 0 bridgehead atoms. The summed E-state index contributed by atoms with van der Waals surface area (Å²) < 4.78 is 15.8. The van der Waals surface area contributed by atoms with Crippen LogP contribution in [0.5, 0.6) is 0 Å². The third kappa shape index (κ3) is 2.35. The van der Waals surface area contributed by atoms with Crippen LogP contribution in [0.4, 0.5) is 10.1 Å². The molecular weight excluding hydrogens is 301 g/mol. The average Bonchev–Trinajstić information content (AvgIpc) is 3.10. The van der Waals surface area contributed by atoms with Gasteiger partial charge in [0, 0.05) is 4.47 Å². The van der Waals surface area contributed by atoms with Gasteiger partial charge in [-0.3, -0.25) is 0 Å². The summed E-state index contributed by atoms with van der Waals surface area (Å²) in [6.07, 6.45) is 2.25. The number of rotatable bonds is 4. The minimum absolute atomic E-state index is 0.275. The lowest BCUT2D eigenvalue weighted by Gasteiger charge is -2.08. The zero-order chi connectivity index (χ0) is 12.5. The van der Waals surface area contributed by atoms with E-state index < -0.39 is 0 Å². The van der Waals surface area contributed by atoms with E-state index in [0.29, 0.717) is 18.3 Å². The van der Waals surface area contributed by atoms with Gasteiger partial charge in [0.25, 0.3) is 0 Å². The van der Waals surface area contributed by atoms with Crippen molar-refractivity contribution in [3.05, 3.63) is 34.3 Å². The molecule has 1 fully saturated rings. The zero-order valence-corrected chi connectivity index (χ0v) is 11.1. The predicted octanol–water partition coefficient (Wildman–Crippen LogP) is 2.52. The Kier molecular flexibility index (Phi) is 2.99. The topological polar surface area (TPSA) is 55.6 Å². The minimum atomic E-state index is -0.275. The summed E-state index contributed by atoms with van der Waals surface area (Å²) in [6, 6.07) is 4.95. The van der Waals surface area contributed by atoms with E-state index in [1.54, 1.807) is 6.07 Å². The quantitative estimate of drug-likeness (QED) is 0.942. The first-order chi connectivity index (χ1) is 8.74. The molecule has 0 radical (unpaired) electrons. The number of hydrogen-bond donors (Lipinski definition) is 1. The summed E-state index contributed by atoms with van der Waals surface area (Å²) in [7, 11) is 0. The maximum absolute atomic E-state index is 13.1. The molecule has 0 atom stereocenters. The number of nitrogens with one attached hydrogen (secondary N) is 1. The first-order valence-corrected chi connectivity index (χ1v) is 6.49. The van der Waals surface area contributed by atoms with Gasteiger partial charge in [0.1, 0.15) is 5.82 Å². The second-order valence-electron chi connectivity index (χ2n) is 4.25. The monoisotopic (exact) mass is 311 g/mol. The summed E-state index contributed by atoms with van der Waals surface area (Å²) in [4.78, 5) is 0. The highest BCUT2D eigenvalue weighted by atomic mass is 79.9. The van der Waals surface area contributed by atoms with Gasteiger partial charge in [-0.05, 0) is 57.4 Å². The SMILES string of the molecule is Fc1ccc(Br)c(NCc2nnnn2C2CC2)c1. The predicted molar refractivity (Wildman–Crippen MR) is 67.5 cm³/mol. The molecule has 1 aliphatic carbocycles. The molecule has 0 saturated heterocycles. The molecule has 0 amide bonds. The van der Waals surface area contributed by atoms with E-state index in [1.165, 1.54) is 12.1 Å².